The molecular formula is C20H14FNO4. The van der Waals surface area contributed by atoms with Crippen LogP contribution in [-0.4, -0.2) is 17.0 Å². The number of anilines is 1. The Bertz CT molecular complexity index is 940. The molecule has 0 heterocycles. The first kappa shape index (κ1) is 17.2. The van der Waals surface area contributed by atoms with Crippen LogP contribution in [0.4, 0.5) is 10.1 Å². The number of carboxylic acid groups (broad SMARTS) is 1. The lowest BCUT2D eigenvalue weighted by atomic mass is 10.1. The summed E-state index contributed by atoms with van der Waals surface area (Å²) in [6.45, 7) is 0. The van der Waals surface area contributed by atoms with Crippen LogP contribution in [-0.2, 0) is 0 Å². The molecule has 0 fully saturated rings. The average Bonchev–Trinajstić information content (AvgIpc) is 2.64. The molecule has 1 amide bonds. The van der Waals surface area contributed by atoms with Gasteiger partial charge in [0, 0.05) is 11.6 Å². The van der Waals surface area contributed by atoms with Crippen molar-refractivity contribution in [3.8, 4) is 11.5 Å². The molecule has 0 aromatic heterocycles. The van der Waals surface area contributed by atoms with Crippen LogP contribution in [0, 0.1) is 5.82 Å². The van der Waals surface area contributed by atoms with E-state index in [1.165, 1.54) is 42.5 Å². The third-order valence-electron chi connectivity index (χ3n) is 3.55. The predicted octanol–water partition coefficient (Wildman–Crippen LogP) is 4.57. The quantitative estimate of drug-likeness (QED) is 0.706. The van der Waals surface area contributed by atoms with Crippen molar-refractivity contribution in [2.75, 3.05) is 5.32 Å². The first-order chi connectivity index (χ1) is 12.5. The predicted molar refractivity (Wildman–Crippen MR) is 94.3 cm³/mol. The second-order valence-electron chi connectivity index (χ2n) is 5.39. The van der Waals surface area contributed by atoms with Gasteiger partial charge in [0.2, 0.25) is 0 Å². The monoisotopic (exact) mass is 351 g/mol. The van der Waals surface area contributed by atoms with Crippen LogP contribution in [0.15, 0.2) is 72.8 Å². The van der Waals surface area contributed by atoms with E-state index in [1.807, 2.05) is 0 Å². The third-order valence-corrected chi connectivity index (χ3v) is 3.55. The maximum Gasteiger partial charge on any atom is 0.337 e. The highest BCUT2D eigenvalue weighted by molar-refractivity contribution is 6.07. The van der Waals surface area contributed by atoms with E-state index in [0.29, 0.717) is 17.1 Å². The van der Waals surface area contributed by atoms with Crippen LogP contribution < -0.4 is 10.1 Å². The van der Waals surface area contributed by atoms with Gasteiger partial charge >= 0.3 is 5.97 Å². The summed E-state index contributed by atoms with van der Waals surface area (Å²) in [5, 5.41) is 11.9. The van der Waals surface area contributed by atoms with Crippen molar-refractivity contribution in [3.63, 3.8) is 0 Å². The zero-order valence-electron chi connectivity index (χ0n) is 13.5. The van der Waals surface area contributed by atoms with Gasteiger partial charge < -0.3 is 15.2 Å². The number of carboxylic acids is 1. The minimum atomic E-state index is -1.18. The van der Waals surface area contributed by atoms with Gasteiger partial charge in [0.25, 0.3) is 5.91 Å². The van der Waals surface area contributed by atoms with Crippen LogP contribution >= 0.6 is 0 Å². The van der Waals surface area contributed by atoms with Crippen LogP contribution in [0.1, 0.15) is 20.7 Å². The fourth-order valence-electron chi connectivity index (χ4n) is 2.30. The normalized spacial score (nSPS) is 10.2. The van der Waals surface area contributed by atoms with Gasteiger partial charge in [-0.05, 0) is 48.5 Å². The lowest BCUT2D eigenvalue weighted by molar-refractivity contribution is 0.0698. The van der Waals surface area contributed by atoms with Gasteiger partial charge in [-0.2, -0.15) is 0 Å². The molecule has 5 nitrogen and oxygen atoms in total. The smallest absolute Gasteiger partial charge is 0.337 e. The summed E-state index contributed by atoms with van der Waals surface area (Å²) >= 11 is 0. The molecule has 0 aliphatic heterocycles. The van der Waals surface area contributed by atoms with E-state index in [2.05, 4.69) is 5.32 Å². The fourth-order valence-corrected chi connectivity index (χ4v) is 2.30. The van der Waals surface area contributed by atoms with Crippen LogP contribution in [0.2, 0.25) is 0 Å². The number of amides is 1. The summed E-state index contributed by atoms with van der Waals surface area (Å²) < 4.78 is 18.6. The Morgan fingerprint density at radius 3 is 2.19 bits per heavy atom. The Labute approximate surface area is 148 Å². The summed E-state index contributed by atoms with van der Waals surface area (Å²) in [7, 11) is 0. The highest BCUT2D eigenvalue weighted by atomic mass is 19.1. The lowest BCUT2D eigenvalue weighted by Gasteiger charge is -2.12. The topological polar surface area (TPSA) is 75.6 Å². The maximum absolute atomic E-state index is 13.0. The largest absolute Gasteiger partial charge is 0.478 e. The SMILES string of the molecule is O=C(Nc1cc(Oc2ccc(F)cc2)ccc1C(=O)O)c1ccccc1. The second-order valence-corrected chi connectivity index (χ2v) is 5.39. The number of nitrogens with one attached hydrogen (secondary N) is 1. The first-order valence-corrected chi connectivity index (χ1v) is 7.70. The van der Waals surface area contributed by atoms with E-state index in [1.54, 1.807) is 30.3 Å². The van der Waals surface area contributed by atoms with Crippen LogP contribution in [0.5, 0.6) is 11.5 Å². The second kappa shape index (κ2) is 7.48. The molecule has 2 N–H and O–H groups in total. The molecule has 0 atom stereocenters. The van der Waals surface area contributed by atoms with Gasteiger partial charge in [0.05, 0.1) is 11.3 Å². The molecule has 0 aliphatic carbocycles. The van der Waals surface area contributed by atoms with E-state index in [0.717, 1.165) is 0 Å². The number of carbonyl (C=O) groups excluding carboxylic acids is 1. The molecule has 3 aromatic carbocycles. The molecule has 0 radical (unpaired) electrons. The summed E-state index contributed by atoms with van der Waals surface area (Å²) in [6, 6.07) is 18.0. The van der Waals surface area contributed by atoms with Gasteiger partial charge in [-0.3, -0.25) is 4.79 Å². The number of hydrogen-bond acceptors (Lipinski definition) is 3. The van der Waals surface area contributed by atoms with E-state index in [-0.39, 0.29) is 11.3 Å². The molecule has 3 rings (SSSR count). The van der Waals surface area contributed by atoms with Crippen molar-refractivity contribution >= 4 is 17.6 Å². The molecule has 0 unspecified atom stereocenters. The third kappa shape index (κ3) is 4.05. The van der Waals surface area contributed by atoms with Gasteiger partial charge in [-0.15, -0.1) is 0 Å². The van der Waals surface area contributed by atoms with Crippen molar-refractivity contribution in [1.82, 2.24) is 0 Å². The number of rotatable bonds is 5. The lowest BCUT2D eigenvalue weighted by Crippen LogP contribution is -2.14. The average molecular weight is 351 g/mol. The highest BCUT2D eigenvalue weighted by Crippen LogP contribution is 2.27. The molecule has 0 aliphatic rings. The van der Waals surface area contributed by atoms with Gasteiger partial charge in [-0.25, -0.2) is 9.18 Å². The van der Waals surface area contributed by atoms with Gasteiger partial charge in [0.15, 0.2) is 0 Å². The molecule has 130 valence electrons. The van der Waals surface area contributed by atoms with Crippen LogP contribution in [0.3, 0.4) is 0 Å². The van der Waals surface area contributed by atoms with Crippen molar-refractivity contribution in [1.29, 1.82) is 0 Å². The Morgan fingerprint density at radius 2 is 1.54 bits per heavy atom. The minimum Gasteiger partial charge on any atom is -0.478 e. The number of carbonyl (C=O) groups is 2. The zero-order valence-corrected chi connectivity index (χ0v) is 13.5. The fraction of sp³-hybridized carbons (Fsp3) is 0. The molecule has 3 aromatic rings. The molecule has 0 saturated heterocycles. The number of halogens is 1. The van der Waals surface area contributed by atoms with Gasteiger partial charge in [-0.1, -0.05) is 18.2 Å². The summed E-state index contributed by atoms with van der Waals surface area (Å²) in [5.41, 5.74) is 0.431. The highest BCUT2D eigenvalue weighted by Gasteiger charge is 2.15. The van der Waals surface area contributed by atoms with Crippen LogP contribution in [0.25, 0.3) is 0 Å². The molecule has 26 heavy (non-hydrogen) atoms. The summed E-state index contributed by atoms with van der Waals surface area (Å²) in [6.07, 6.45) is 0. The molecule has 0 saturated carbocycles. The molecule has 0 spiro atoms. The first-order valence-electron chi connectivity index (χ1n) is 7.70. The number of aromatic carboxylic acids is 1. The van der Waals surface area contributed by atoms with E-state index < -0.39 is 17.7 Å². The number of benzene rings is 3. The Morgan fingerprint density at radius 1 is 0.885 bits per heavy atom. The summed E-state index contributed by atoms with van der Waals surface area (Å²) in [4.78, 5) is 23.7. The van der Waals surface area contributed by atoms with E-state index >= 15 is 0 Å². The van der Waals surface area contributed by atoms with Crippen molar-refractivity contribution in [3.05, 3.63) is 89.7 Å². The van der Waals surface area contributed by atoms with Gasteiger partial charge in [0.1, 0.15) is 17.3 Å². The van der Waals surface area contributed by atoms with Crippen molar-refractivity contribution in [2.45, 2.75) is 0 Å². The molecule has 6 heteroatoms. The number of ether oxygens (including phenoxy) is 1. The van der Waals surface area contributed by atoms with Crippen molar-refractivity contribution < 1.29 is 23.8 Å². The zero-order chi connectivity index (χ0) is 18.5. The molecular weight excluding hydrogens is 337 g/mol. The van der Waals surface area contributed by atoms with Crippen molar-refractivity contribution in [2.24, 2.45) is 0 Å². The standard InChI is InChI=1S/C20H14FNO4/c21-14-6-8-15(9-7-14)26-16-10-11-17(20(24)25)18(12-16)22-19(23)13-4-2-1-3-5-13/h1-12H,(H,22,23)(H,24,25). The minimum absolute atomic E-state index is 0.0688. The Kier molecular flexibility index (Phi) is 4.94. The molecule has 0 bridgehead atoms. The van der Waals surface area contributed by atoms with E-state index in [4.69, 9.17) is 4.74 Å². The Balaban J connectivity index is 1.88. The number of hydrogen-bond donors (Lipinski definition) is 2. The Hall–Kier alpha value is -3.67. The maximum atomic E-state index is 13.0. The summed E-state index contributed by atoms with van der Waals surface area (Å²) in [5.74, 6) is -1.32. The van der Waals surface area contributed by atoms with E-state index in [9.17, 15) is 19.1 Å².